The number of nitrogens with one attached hydrogen (secondary N) is 2. The summed E-state index contributed by atoms with van der Waals surface area (Å²) in [4.78, 5) is 9.58. The number of hydrogen-bond donors (Lipinski definition) is 2. The molecule has 358 valence electrons. The second kappa shape index (κ2) is 19.3. The zero-order valence-electron chi connectivity index (χ0n) is 48.8. The van der Waals surface area contributed by atoms with Crippen molar-refractivity contribution in [3.05, 3.63) is 229 Å². The summed E-state index contributed by atoms with van der Waals surface area (Å²) in [7, 11) is 4.34. The highest BCUT2D eigenvalue weighted by Gasteiger charge is 2.34. The summed E-state index contributed by atoms with van der Waals surface area (Å²) in [6.45, 7) is 11.0. The van der Waals surface area contributed by atoms with Crippen LogP contribution in [0, 0.1) is 0 Å². The maximum Gasteiger partial charge on any atom is 0.215 e. The number of hydrogen-bond acceptors (Lipinski definition) is 6. The molecular formula is C63H59B2N7O. The fourth-order valence-electron chi connectivity index (χ4n) is 9.59. The summed E-state index contributed by atoms with van der Waals surface area (Å²) in [5.74, 6) is 5.07. The molecule has 0 aliphatic carbocycles. The monoisotopic (exact) mass is 959 g/mol. The summed E-state index contributed by atoms with van der Waals surface area (Å²) in [6, 6.07) is 30.3. The molecule has 0 amide bonds. The third kappa shape index (κ3) is 9.25. The minimum absolute atomic E-state index is 0.0180. The second-order valence-electron chi connectivity index (χ2n) is 20.3. The Balaban J connectivity index is 1.08. The Morgan fingerprint density at radius 3 is 1.92 bits per heavy atom. The lowest BCUT2D eigenvalue weighted by atomic mass is 9.62. The van der Waals surface area contributed by atoms with Crippen molar-refractivity contribution < 1.29 is 14.3 Å². The van der Waals surface area contributed by atoms with E-state index in [1.165, 1.54) is 10.1 Å². The number of benzene rings is 6. The topological polar surface area (TPSA) is 62.5 Å². The minimum atomic E-state index is -2.71. The molecule has 8 aromatic rings. The van der Waals surface area contributed by atoms with Crippen molar-refractivity contribution in [2.75, 3.05) is 16.5 Å². The molecule has 11 rings (SSSR count). The number of ether oxygens (including phenoxy) is 1. The molecule has 0 spiro atoms. The third-order valence-corrected chi connectivity index (χ3v) is 13.3. The molecule has 0 atom stereocenters. The molecular weight excluding hydrogens is 892 g/mol. The zero-order valence-corrected chi connectivity index (χ0v) is 41.8. The molecule has 3 aliphatic heterocycles. The van der Waals surface area contributed by atoms with E-state index < -0.39 is 19.1 Å². The fourth-order valence-corrected chi connectivity index (χ4v) is 9.59. The first-order valence-corrected chi connectivity index (χ1v) is 24.6. The lowest BCUT2D eigenvalue weighted by Gasteiger charge is -2.31. The van der Waals surface area contributed by atoms with Gasteiger partial charge in [-0.25, -0.2) is 4.98 Å². The highest BCUT2D eigenvalue weighted by molar-refractivity contribution is 6.67. The Bertz CT molecular complexity index is 3980. The largest absolute Gasteiger partial charge is 0.457 e. The molecule has 10 heteroatoms. The lowest BCUT2D eigenvalue weighted by molar-refractivity contribution is 0.479. The van der Waals surface area contributed by atoms with Crippen LogP contribution in [0.2, 0.25) is 0 Å². The van der Waals surface area contributed by atoms with Crippen molar-refractivity contribution in [3.8, 4) is 17.4 Å². The Morgan fingerprint density at radius 1 is 0.603 bits per heavy atom. The molecule has 2 N–H and O–H groups in total. The molecule has 8 nitrogen and oxygen atoms in total. The van der Waals surface area contributed by atoms with Gasteiger partial charge >= 0.3 is 0 Å². The van der Waals surface area contributed by atoms with Crippen molar-refractivity contribution in [2.45, 2.75) is 52.4 Å². The van der Waals surface area contributed by atoms with Crippen LogP contribution in [0.5, 0.6) is 11.5 Å². The number of anilines is 4. The van der Waals surface area contributed by atoms with Crippen molar-refractivity contribution in [2.24, 2.45) is 6.98 Å². The molecule has 0 saturated heterocycles. The van der Waals surface area contributed by atoms with Gasteiger partial charge in [-0.2, -0.15) is 0 Å². The highest BCUT2D eigenvalue weighted by atomic mass is 16.5. The van der Waals surface area contributed by atoms with Gasteiger partial charge in [-0.3, -0.25) is 4.57 Å². The number of aromatic nitrogens is 3. The van der Waals surface area contributed by atoms with Gasteiger partial charge in [0.1, 0.15) is 18.2 Å². The van der Waals surface area contributed by atoms with Crippen LogP contribution in [0.25, 0.3) is 49.7 Å². The van der Waals surface area contributed by atoms with Gasteiger partial charge in [0.25, 0.3) is 0 Å². The molecule has 0 saturated carbocycles. The van der Waals surface area contributed by atoms with Crippen LogP contribution < -0.4 is 25.2 Å². The fraction of sp³-hybridized carbons (Fsp3) is 0.159. The van der Waals surface area contributed by atoms with Crippen molar-refractivity contribution in [3.63, 3.8) is 0 Å². The predicted molar refractivity (Wildman–Crippen MR) is 310 cm³/mol. The Morgan fingerprint density at radius 2 is 1.23 bits per heavy atom. The van der Waals surface area contributed by atoms with Gasteiger partial charge in [0.2, 0.25) is 5.95 Å². The minimum Gasteiger partial charge on any atom is -0.457 e. The van der Waals surface area contributed by atoms with E-state index in [1.807, 2.05) is 73.4 Å². The van der Waals surface area contributed by atoms with Gasteiger partial charge in [0.05, 0.1) is 44.6 Å². The third-order valence-electron chi connectivity index (χ3n) is 13.3. The average Bonchev–Trinajstić information content (AvgIpc) is 4.29. The van der Waals surface area contributed by atoms with Crippen LogP contribution in [-0.2, 0) is 17.8 Å². The smallest absolute Gasteiger partial charge is 0.215 e. The van der Waals surface area contributed by atoms with E-state index in [4.69, 9.17) is 17.9 Å². The van der Waals surface area contributed by atoms with Gasteiger partial charge in [-0.05, 0) is 124 Å². The van der Waals surface area contributed by atoms with Crippen LogP contribution >= 0.6 is 0 Å². The summed E-state index contributed by atoms with van der Waals surface area (Å²) in [5, 5.41) is 7.21. The van der Waals surface area contributed by atoms with Gasteiger partial charge in [-0.15, -0.1) is 12.0 Å². The number of rotatable bonds is 7. The lowest BCUT2D eigenvalue weighted by Crippen LogP contribution is -2.27. The Labute approximate surface area is 440 Å². The number of nitrogens with zero attached hydrogens (tertiary/aromatic N) is 5. The summed E-state index contributed by atoms with van der Waals surface area (Å²) >= 11 is 0. The van der Waals surface area contributed by atoms with Gasteiger partial charge in [-0.1, -0.05) is 119 Å². The summed E-state index contributed by atoms with van der Waals surface area (Å²) < 4.78 is 71.5. The number of allylic oxidation sites excluding steroid dienone is 8. The number of para-hydroxylation sites is 5. The van der Waals surface area contributed by atoms with Gasteiger partial charge in [0.15, 0.2) is 14.6 Å². The van der Waals surface area contributed by atoms with Crippen LogP contribution in [0.3, 0.4) is 0 Å². The number of aryl methyl sites for hydroxylation is 1. The molecule has 2 aromatic heterocycles. The van der Waals surface area contributed by atoms with E-state index >= 15 is 0 Å². The second-order valence-corrected chi connectivity index (χ2v) is 20.3. The summed E-state index contributed by atoms with van der Waals surface area (Å²) in [6.07, 6.45) is 24.0. The molecule has 0 bridgehead atoms. The standard InChI is InChI=1S/C63H59B2N7O/c1-62(2,3)43-36-45(40-47(37-43)73-46-28-29-49-48-20-8-10-24-55(48)72(59(49)41-46)61-68-54-23-9-11-25-56(54)69(61)7)70-42-71(58-27-13-12-26-57(58)70)60-50(52-21-18-34-66-32-16-14-30-64-52)38-44(63(4,5)6)39-51(60)53-22-19-35-67-33-17-15-31-65-53/h8-41,66-67H,42H2,1-7H3/b30-14-,31-15-,32-16-,33-17-,34-18-,35-19-,52-21-,53-22-/i7D3,8D,10D,20D,24D. The maximum absolute atomic E-state index is 9.22. The molecule has 0 fully saturated rings. The SMILES string of the molecule is [2H]c1c([2H])c([2H])c2c(c1[2H])c1ccc(Oc3cc(N4CN(c5c(/C6=C/C=C\N/C=C\C=C/[B]6)cc(C(C)(C)C)cc5/C5=C/C=C\N/C=C\C=C/[B]5)c5ccccc54)cc(C(C)(C)C)c3)cc1n2-c1nc2ccccc2n1C([2H])([2H])[2H]. The Hall–Kier alpha value is -8.36. The van der Waals surface area contributed by atoms with Crippen LogP contribution in [0.4, 0.5) is 22.7 Å². The maximum atomic E-state index is 9.22. The van der Waals surface area contributed by atoms with E-state index in [1.54, 1.807) is 42.5 Å². The first-order valence-electron chi connectivity index (χ1n) is 28.1. The molecule has 0 unspecified atom stereocenters. The van der Waals surface area contributed by atoms with E-state index in [0.717, 1.165) is 55.0 Å². The number of fused-ring (bicyclic) bond motifs is 5. The van der Waals surface area contributed by atoms with Gasteiger partial charge in [0, 0.05) is 64.5 Å². The molecule has 5 heterocycles. The molecule has 3 aliphatic rings. The zero-order chi connectivity index (χ0) is 56.3. The van der Waals surface area contributed by atoms with Crippen LogP contribution in [0.15, 0.2) is 207 Å². The first kappa shape index (κ1) is 39.3. The average molecular weight is 959 g/mol. The number of imidazole rings is 1. The van der Waals surface area contributed by atoms with E-state index in [0.29, 0.717) is 40.1 Å². The van der Waals surface area contributed by atoms with E-state index in [2.05, 4.69) is 143 Å². The predicted octanol–water partition coefficient (Wildman–Crippen LogP) is 14.7. The molecule has 2 radical (unpaired) electrons. The van der Waals surface area contributed by atoms with E-state index in [9.17, 15) is 1.37 Å². The van der Waals surface area contributed by atoms with Crippen molar-refractivity contribution in [1.29, 1.82) is 0 Å². The molecule has 6 aromatic carbocycles. The van der Waals surface area contributed by atoms with E-state index in [-0.39, 0.29) is 39.8 Å². The van der Waals surface area contributed by atoms with Crippen molar-refractivity contribution in [1.82, 2.24) is 24.8 Å². The van der Waals surface area contributed by atoms with Gasteiger partial charge < -0.3 is 29.7 Å². The van der Waals surface area contributed by atoms with Crippen molar-refractivity contribution >= 4 is 81.1 Å². The Kier molecular flexibility index (Phi) is 10.4. The quantitative estimate of drug-likeness (QED) is 0.155. The highest BCUT2D eigenvalue weighted by Crippen LogP contribution is 2.50. The summed E-state index contributed by atoms with van der Waals surface area (Å²) in [5.41, 5.74) is 11.0. The van der Waals surface area contributed by atoms with Crippen LogP contribution in [-0.4, -0.2) is 35.3 Å². The van der Waals surface area contributed by atoms with Crippen LogP contribution in [0.1, 0.15) is 73.4 Å². The normalized spacial score (nSPS) is 20.5. The molecule has 73 heavy (non-hydrogen) atoms. The first-order chi connectivity index (χ1) is 38.3.